The lowest BCUT2D eigenvalue weighted by atomic mass is 9.75. The van der Waals surface area contributed by atoms with Gasteiger partial charge in [-0.1, -0.05) is 41.0 Å². The molecule has 4 aliphatic rings. The summed E-state index contributed by atoms with van der Waals surface area (Å²) in [5.41, 5.74) is 0. The Hall–Kier alpha value is -0.490. The van der Waals surface area contributed by atoms with Gasteiger partial charge < -0.3 is 18.9 Å². The number of ketones is 1. The van der Waals surface area contributed by atoms with Gasteiger partial charge in [-0.15, -0.1) is 0 Å². The van der Waals surface area contributed by atoms with Crippen LogP contribution in [0, 0.1) is 23.7 Å². The summed E-state index contributed by atoms with van der Waals surface area (Å²) in [5, 5.41) is 0. The first-order chi connectivity index (χ1) is 13.7. The topological polar surface area (TPSA) is 54.0 Å². The molecule has 0 aromatic carbocycles. The third kappa shape index (κ3) is 4.17. The number of hydrogen-bond acceptors (Lipinski definition) is 5. The maximum atomic E-state index is 11.8. The minimum atomic E-state index is -0.586. The van der Waals surface area contributed by atoms with Crippen molar-refractivity contribution in [1.82, 2.24) is 0 Å². The Bertz CT molecular complexity index is 608. The van der Waals surface area contributed by atoms with Gasteiger partial charge in [-0.3, -0.25) is 4.79 Å². The molecule has 0 aromatic rings. The van der Waals surface area contributed by atoms with Crippen molar-refractivity contribution < 1.29 is 23.7 Å². The Labute approximate surface area is 176 Å². The maximum absolute atomic E-state index is 11.8. The van der Waals surface area contributed by atoms with Crippen molar-refractivity contribution in [2.45, 2.75) is 122 Å². The van der Waals surface area contributed by atoms with Crippen LogP contribution in [0.15, 0.2) is 0 Å². The molecule has 0 bridgehead atoms. The molecular weight excluding hydrogens is 368 g/mol. The summed E-state index contributed by atoms with van der Waals surface area (Å²) < 4.78 is 26.3. The zero-order valence-electron chi connectivity index (χ0n) is 19.1. The predicted molar refractivity (Wildman–Crippen MR) is 111 cm³/mol. The van der Waals surface area contributed by atoms with Crippen LogP contribution in [0.3, 0.4) is 0 Å². The average Bonchev–Trinajstić information content (AvgIpc) is 3.06. The lowest BCUT2D eigenvalue weighted by Gasteiger charge is -2.55. The lowest BCUT2D eigenvalue weighted by Crippen LogP contribution is -2.61. The highest BCUT2D eigenvalue weighted by Gasteiger charge is 2.56. The normalized spacial score (nSPS) is 50.8. The van der Waals surface area contributed by atoms with E-state index in [1.165, 1.54) is 0 Å². The molecule has 0 radical (unpaired) electrons. The summed E-state index contributed by atoms with van der Waals surface area (Å²) in [4.78, 5) is 11.8. The highest BCUT2D eigenvalue weighted by Crippen LogP contribution is 2.50. The van der Waals surface area contributed by atoms with Crippen LogP contribution in [0.5, 0.6) is 0 Å². The molecule has 4 fully saturated rings. The first-order valence-corrected chi connectivity index (χ1v) is 11.9. The number of fused-ring (bicyclic) bond motifs is 2. The zero-order valence-corrected chi connectivity index (χ0v) is 19.1. The quantitative estimate of drug-likeness (QED) is 0.685. The fourth-order valence-corrected chi connectivity index (χ4v) is 6.12. The second-order valence-electron chi connectivity index (χ2n) is 10.6. The van der Waals surface area contributed by atoms with Crippen molar-refractivity contribution in [2.24, 2.45) is 23.7 Å². The van der Waals surface area contributed by atoms with E-state index in [0.717, 1.165) is 32.1 Å². The Morgan fingerprint density at radius 2 is 1.69 bits per heavy atom. The van der Waals surface area contributed by atoms with Crippen molar-refractivity contribution in [3.05, 3.63) is 0 Å². The smallest absolute Gasteiger partial charge is 0.169 e. The molecule has 5 nitrogen and oxygen atoms in total. The molecule has 11 atom stereocenters. The van der Waals surface area contributed by atoms with Gasteiger partial charge in [0.1, 0.15) is 5.78 Å². The second kappa shape index (κ2) is 8.22. The fraction of sp³-hybridized carbons (Fsp3) is 0.958. The Balaban J connectivity index is 1.48. The lowest BCUT2D eigenvalue weighted by molar-refractivity contribution is -0.368. The van der Waals surface area contributed by atoms with Crippen LogP contribution in [0.4, 0.5) is 0 Å². The van der Waals surface area contributed by atoms with Crippen LogP contribution in [0.2, 0.25) is 0 Å². The van der Waals surface area contributed by atoms with Gasteiger partial charge >= 0.3 is 0 Å². The Morgan fingerprint density at radius 3 is 2.38 bits per heavy atom. The van der Waals surface area contributed by atoms with Crippen LogP contribution in [0.25, 0.3) is 0 Å². The first kappa shape index (κ1) is 21.7. The van der Waals surface area contributed by atoms with E-state index in [-0.39, 0.29) is 36.3 Å². The number of carbonyl (C=O) groups is 1. The number of ether oxygens (including phenoxy) is 4. The molecule has 29 heavy (non-hydrogen) atoms. The van der Waals surface area contributed by atoms with Gasteiger partial charge in [-0.2, -0.15) is 0 Å². The van der Waals surface area contributed by atoms with Crippen molar-refractivity contribution >= 4 is 5.78 Å². The predicted octanol–water partition coefficient (Wildman–Crippen LogP) is 4.51. The average molecular weight is 409 g/mol. The molecule has 0 amide bonds. The van der Waals surface area contributed by atoms with Crippen molar-refractivity contribution in [2.75, 3.05) is 0 Å². The molecule has 4 rings (SSSR count). The van der Waals surface area contributed by atoms with Crippen LogP contribution in [-0.4, -0.2) is 48.2 Å². The van der Waals surface area contributed by atoms with Crippen LogP contribution in [-0.2, 0) is 23.7 Å². The molecule has 4 heterocycles. The van der Waals surface area contributed by atoms with E-state index >= 15 is 0 Å². The minimum absolute atomic E-state index is 0.00858. The monoisotopic (exact) mass is 408 g/mol. The summed E-state index contributed by atoms with van der Waals surface area (Å²) in [7, 11) is 0. The van der Waals surface area contributed by atoms with Gasteiger partial charge in [0.15, 0.2) is 5.79 Å². The van der Waals surface area contributed by atoms with Gasteiger partial charge in [-0.05, 0) is 30.6 Å². The number of Topliss-reactive ketones (excluding diaryl/α,β-unsaturated/α-hetero) is 1. The van der Waals surface area contributed by atoms with Crippen LogP contribution >= 0.6 is 0 Å². The summed E-state index contributed by atoms with van der Waals surface area (Å²) in [6.07, 6.45) is 5.92. The van der Waals surface area contributed by atoms with Crippen molar-refractivity contribution in [1.29, 1.82) is 0 Å². The molecular formula is C24H40O5. The largest absolute Gasteiger partial charge is 0.372 e. The van der Waals surface area contributed by atoms with Crippen LogP contribution in [0.1, 0.15) is 80.1 Å². The highest BCUT2D eigenvalue weighted by atomic mass is 16.7. The van der Waals surface area contributed by atoms with Gasteiger partial charge in [0.2, 0.25) is 0 Å². The summed E-state index contributed by atoms with van der Waals surface area (Å²) in [5.74, 6) is 1.36. The van der Waals surface area contributed by atoms with E-state index in [4.69, 9.17) is 18.9 Å². The molecule has 0 N–H and O–H groups in total. The standard InChI is InChI=1S/C24H40O5/c1-7-13(2)18-9-21-20(26-18)10-22-23(27-21)15(4)12-24(29-22)11-14(3)17(6)19(28-24)8-16(5)25/h13-15,17-23H,7-12H2,1-6H3. The molecule has 0 aromatic heterocycles. The molecule has 0 saturated carbocycles. The van der Waals surface area contributed by atoms with Crippen molar-refractivity contribution in [3.8, 4) is 0 Å². The number of rotatable bonds is 4. The third-order valence-corrected chi connectivity index (χ3v) is 8.20. The summed E-state index contributed by atoms with van der Waals surface area (Å²) in [6, 6.07) is 0. The Kier molecular flexibility index (Phi) is 6.16. The summed E-state index contributed by atoms with van der Waals surface area (Å²) >= 11 is 0. The van der Waals surface area contributed by atoms with Gasteiger partial charge in [-0.25, -0.2) is 0 Å². The molecule has 4 saturated heterocycles. The number of hydrogen-bond donors (Lipinski definition) is 0. The fourth-order valence-electron chi connectivity index (χ4n) is 6.12. The zero-order chi connectivity index (χ0) is 20.9. The van der Waals surface area contributed by atoms with E-state index in [1.54, 1.807) is 6.92 Å². The molecule has 1 spiro atoms. The maximum Gasteiger partial charge on any atom is 0.169 e. The summed E-state index contributed by atoms with van der Waals surface area (Å²) in [6.45, 7) is 12.9. The number of carbonyl (C=O) groups excluding carboxylic acids is 1. The Morgan fingerprint density at radius 1 is 1.00 bits per heavy atom. The molecule has 11 unspecified atom stereocenters. The van der Waals surface area contributed by atoms with E-state index < -0.39 is 5.79 Å². The molecule has 0 aliphatic carbocycles. The van der Waals surface area contributed by atoms with Gasteiger partial charge in [0, 0.05) is 32.1 Å². The molecule has 166 valence electrons. The van der Waals surface area contributed by atoms with Gasteiger partial charge in [0.25, 0.3) is 0 Å². The van der Waals surface area contributed by atoms with Gasteiger partial charge in [0.05, 0.1) is 36.6 Å². The third-order valence-electron chi connectivity index (χ3n) is 8.20. The van der Waals surface area contributed by atoms with E-state index in [0.29, 0.717) is 36.2 Å². The van der Waals surface area contributed by atoms with E-state index in [2.05, 4.69) is 34.6 Å². The van der Waals surface area contributed by atoms with E-state index in [9.17, 15) is 4.79 Å². The van der Waals surface area contributed by atoms with Crippen LogP contribution < -0.4 is 0 Å². The first-order valence-electron chi connectivity index (χ1n) is 11.9. The SMILES string of the molecule is CCC(C)C1CC2OC3C(C)CC4(CC(C)C(C)C(CC(C)=O)O4)OC3CC2O1. The second-order valence-corrected chi connectivity index (χ2v) is 10.6. The molecule has 4 aliphatic heterocycles. The molecule has 5 heteroatoms. The minimum Gasteiger partial charge on any atom is -0.372 e. The van der Waals surface area contributed by atoms with E-state index in [1.807, 2.05) is 0 Å². The highest BCUT2D eigenvalue weighted by molar-refractivity contribution is 5.76. The van der Waals surface area contributed by atoms with Crippen molar-refractivity contribution in [3.63, 3.8) is 0 Å².